The lowest BCUT2D eigenvalue weighted by Crippen LogP contribution is -2.34. The lowest BCUT2D eigenvalue weighted by molar-refractivity contribution is 0.0954. The Labute approximate surface area is 147 Å². The van der Waals surface area contributed by atoms with Crippen LogP contribution in [0.2, 0.25) is 0 Å². The molecule has 0 saturated carbocycles. The Morgan fingerprint density at radius 3 is 2.28 bits per heavy atom. The van der Waals surface area contributed by atoms with Crippen LogP contribution < -0.4 is 19.5 Å². The van der Waals surface area contributed by atoms with Crippen LogP contribution in [0.15, 0.2) is 53.4 Å². The average Bonchev–Trinajstić information content (AvgIpc) is 2.65. The zero-order chi connectivity index (χ0) is 18.3. The van der Waals surface area contributed by atoms with E-state index in [0.717, 1.165) is 0 Å². The summed E-state index contributed by atoms with van der Waals surface area (Å²) in [6.07, 6.45) is 0. The number of carbonyl (C=O) groups excluding carboxylic acids is 1. The number of carbonyl (C=O) groups is 1. The molecule has 2 rings (SSSR count). The van der Waals surface area contributed by atoms with Gasteiger partial charge in [-0.2, -0.15) is 0 Å². The molecule has 0 spiro atoms. The lowest BCUT2D eigenvalue weighted by atomic mass is 10.2. The third-order valence-electron chi connectivity index (χ3n) is 3.40. The molecule has 0 unspecified atom stereocenters. The second-order valence-electron chi connectivity index (χ2n) is 5.04. The number of benzene rings is 2. The summed E-state index contributed by atoms with van der Waals surface area (Å²) in [5, 5.41) is 2.65. The molecule has 0 aliphatic rings. The molecule has 134 valence electrons. The van der Waals surface area contributed by atoms with Crippen LogP contribution >= 0.6 is 0 Å². The maximum absolute atomic E-state index is 12.3. The molecule has 8 heteroatoms. The Balaban J connectivity index is 1.92. The molecule has 7 nitrogen and oxygen atoms in total. The fourth-order valence-corrected chi connectivity index (χ4v) is 3.17. The Kier molecular flexibility index (Phi) is 6.37. The third-order valence-corrected chi connectivity index (χ3v) is 4.86. The van der Waals surface area contributed by atoms with Gasteiger partial charge in [-0.1, -0.05) is 18.2 Å². The van der Waals surface area contributed by atoms with Crippen molar-refractivity contribution < 1.29 is 22.7 Å². The maximum Gasteiger partial charge on any atom is 0.251 e. The number of amides is 1. The highest BCUT2D eigenvalue weighted by Gasteiger charge is 2.16. The molecule has 0 heterocycles. The Hall–Kier alpha value is -2.58. The van der Waals surface area contributed by atoms with E-state index in [2.05, 4.69) is 10.0 Å². The van der Waals surface area contributed by atoms with Gasteiger partial charge in [0.25, 0.3) is 5.91 Å². The van der Waals surface area contributed by atoms with Crippen LogP contribution in [0.1, 0.15) is 10.4 Å². The molecule has 2 aromatic rings. The summed E-state index contributed by atoms with van der Waals surface area (Å²) in [7, 11) is -0.814. The number of hydrogen-bond donors (Lipinski definition) is 2. The van der Waals surface area contributed by atoms with Gasteiger partial charge in [-0.25, -0.2) is 13.1 Å². The molecule has 25 heavy (non-hydrogen) atoms. The molecule has 0 bridgehead atoms. The predicted molar refractivity (Wildman–Crippen MR) is 93.5 cm³/mol. The SMILES string of the molecule is COc1ccc(S(=O)(=O)NCCNC(=O)c2ccccc2)cc1OC. The van der Waals surface area contributed by atoms with Crippen LogP contribution in [-0.4, -0.2) is 41.6 Å². The van der Waals surface area contributed by atoms with Gasteiger partial charge in [-0.05, 0) is 24.3 Å². The zero-order valence-corrected chi connectivity index (χ0v) is 14.8. The van der Waals surface area contributed by atoms with E-state index in [1.54, 1.807) is 24.3 Å². The molecule has 0 fully saturated rings. The van der Waals surface area contributed by atoms with E-state index >= 15 is 0 Å². The van der Waals surface area contributed by atoms with Gasteiger partial charge in [0.1, 0.15) is 0 Å². The van der Waals surface area contributed by atoms with Gasteiger partial charge in [-0.3, -0.25) is 4.79 Å². The van der Waals surface area contributed by atoms with Crippen LogP contribution in [0.4, 0.5) is 0 Å². The number of hydrogen-bond acceptors (Lipinski definition) is 5. The summed E-state index contributed by atoms with van der Waals surface area (Å²) in [6.45, 7) is 0.232. The summed E-state index contributed by atoms with van der Waals surface area (Å²) in [5.74, 6) is 0.505. The molecule has 0 aliphatic heterocycles. The zero-order valence-electron chi connectivity index (χ0n) is 14.0. The fraction of sp³-hybridized carbons (Fsp3) is 0.235. The van der Waals surface area contributed by atoms with Gasteiger partial charge in [0.2, 0.25) is 10.0 Å². The van der Waals surface area contributed by atoms with Crippen LogP contribution in [0, 0.1) is 0 Å². The maximum atomic E-state index is 12.3. The van der Waals surface area contributed by atoms with Gasteiger partial charge < -0.3 is 14.8 Å². The summed E-state index contributed by atoms with van der Waals surface area (Å²) in [6, 6.07) is 13.0. The predicted octanol–water partition coefficient (Wildman–Crippen LogP) is 1.41. The number of methoxy groups -OCH3 is 2. The summed E-state index contributed by atoms with van der Waals surface area (Å²) in [4.78, 5) is 11.9. The van der Waals surface area contributed by atoms with Crippen molar-refractivity contribution in [3.05, 3.63) is 54.1 Å². The topological polar surface area (TPSA) is 93.7 Å². The number of nitrogens with one attached hydrogen (secondary N) is 2. The smallest absolute Gasteiger partial charge is 0.251 e. The van der Waals surface area contributed by atoms with Crippen molar-refractivity contribution in [1.29, 1.82) is 0 Å². The van der Waals surface area contributed by atoms with Crippen molar-refractivity contribution in [2.45, 2.75) is 4.90 Å². The summed E-state index contributed by atoms with van der Waals surface area (Å²) < 4.78 is 37.2. The first-order chi connectivity index (χ1) is 12.0. The first kappa shape index (κ1) is 18.8. The van der Waals surface area contributed by atoms with Crippen LogP contribution in [0.25, 0.3) is 0 Å². The van der Waals surface area contributed by atoms with E-state index in [4.69, 9.17) is 9.47 Å². The minimum atomic E-state index is -3.72. The number of ether oxygens (including phenoxy) is 2. The second-order valence-corrected chi connectivity index (χ2v) is 6.80. The standard InChI is InChI=1S/C17H20N2O5S/c1-23-15-9-8-14(12-16(15)24-2)25(21,22)19-11-10-18-17(20)13-6-4-3-5-7-13/h3-9,12,19H,10-11H2,1-2H3,(H,18,20). The molecular formula is C17H20N2O5S. The highest BCUT2D eigenvalue weighted by Crippen LogP contribution is 2.29. The van der Waals surface area contributed by atoms with E-state index in [1.807, 2.05) is 6.07 Å². The minimum Gasteiger partial charge on any atom is -0.493 e. The van der Waals surface area contributed by atoms with Gasteiger partial charge in [0.05, 0.1) is 19.1 Å². The van der Waals surface area contributed by atoms with E-state index in [9.17, 15) is 13.2 Å². The van der Waals surface area contributed by atoms with Crippen molar-refractivity contribution in [2.24, 2.45) is 0 Å². The van der Waals surface area contributed by atoms with E-state index < -0.39 is 10.0 Å². The number of rotatable bonds is 8. The average molecular weight is 364 g/mol. The molecule has 2 N–H and O–H groups in total. The summed E-state index contributed by atoms with van der Waals surface area (Å²) >= 11 is 0. The molecule has 2 aromatic carbocycles. The largest absolute Gasteiger partial charge is 0.493 e. The van der Waals surface area contributed by atoms with E-state index in [-0.39, 0.29) is 23.9 Å². The normalized spacial score (nSPS) is 11.0. The molecule has 1 amide bonds. The monoisotopic (exact) mass is 364 g/mol. The van der Waals surface area contributed by atoms with Gasteiger partial charge in [-0.15, -0.1) is 0 Å². The van der Waals surface area contributed by atoms with Crippen LogP contribution in [-0.2, 0) is 10.0 Å². The number of sulfonamides is 1. The third kappa shape index (κ3) is 4.94. The first-order valence-electron chi connectivity index (χ1n) is 7.53. The molecule has 0 aromatic heterocycles. The van der Waals surface area contributed by atoms with Crippen LogP contribution in [0.3, 0.4) is 0 Å². The minimum absolute atomic E-state index is 0.0551. The molecule has 0 atom stereocenters. The van der Waals surface area contributed by atoms with Crippen molar-refractivity contribution in [2.75, 3.05) is 27.3 Å². The molecule has 0 radical (unpaired) electrons. The van der Waals surface area contributed by atoms with Crippen molar-refractivity contribution in [3.8, 4) is 11.5 Å². The second kappa shape index (κ2) is 8.50. The molecular weight excluding hydrogens is 344 g/mol. The fourth-order valence-electron chi connectivity index (χ4n) is 2.12. The Bertz CT molecular complexity index is 822. The highest BCUT2D eigenvalue weighted by atomic mass is 32.2. The van der Waals surface area contributed by atoms with Gasteiger partial charge >= 0.3 is 0 Å². The molecule has 0 aliphatic carbocycles. The lowest BCUT2D eigenvalue weighted by Gasteiger charge is -2.11. The van der Waals surface area contributed by atoms with E-state index in [1.165, 1.54) is 32.4 Å². The van der Waals surface area contributed by atoms with Crippen molar-refractivity contribution in [1.82, 2.24) is 10.0 Å². The molecule has 0 saturated heterocycles. The van der Waals surface area contributed by atoms with Crippen molar-refractivity contribution in [3.63, 3.8) is 0 Å². The Morgan fingerprint density at radius 1 is 0.960 bits per heavy atom. The van der Waals surface area contributed by atoms with Gasteiger partial charge in [0.15, 0.2) is 11.5 Å². The van der Waals surface area contributed by atoms with Gasteiger partial charge in [0, 0.05) is 24.7 Å². The van der Waals surface area contributed by atoms with Crippen molar-refractivity contribution >= 4 is 15.9 Å². The van der Waals surface area contributed by atoms with Crippen LogP contribution in [0.5, 0.6) is 11.5 Å². The quantitative estimate of drug-likeness (QED) is 0.691. The Morgan fingerprint density at radius 2 is 1.64 bits per heavy atom. The summed E-state index contributed by atoms with van der Waals surface area (Å²) in [5.41, 5.74) is 0.519. The van der Waals surface area contributed by atoms with E-state index in [0.29, 0.717) is 17.1 Å². The first-order valence-corrected chi connectivity index (χ1v) is 9.01. The highest BCUT2D eigenvalue weighted by molar-refractivity contribution is 7.89.